The van der Waals surface area contributed by atoms with E-state index in [1.165, 1.54) is 11.3 Å². The molecular formula is C25H26N6O3. The number of fused-ring (bicyclic) bond motifs is 2. The number of nitrogens with one attached hydrogen (secondary N) is 1. The number of imide groups is 1. The van der Waals surface area contributed by atoms with Gasteiger partial charge in [0.15, 0.2) is 5.65 Å². The maximum Gasteiger partial charge on any atom is 0.255 e. The highest BCUT2D eigenvalue weighted by Crippen LogP contribution is 2.34. The van der Waals surface area contributed by atoms with Gasteiger partial charge in [0, 0.05) is 37.5 Å². The van der Waals surface area contributed by atoms with Gasteiger partial charge >= 0.3 is 0 Å². The van der Waals surface area contributed by atoms with Crippen molar-refractivity contribution in [2.45, 2.75) is 50.7 Å². The molecule has 1 atom stereocenters. The summed E-state index contributed by atoms with van der Waals surface area (Å²) in [5.74, 6) is -0.300. The first-order chi connectivity index (χ1) is 16.6. The highest BCUT2D eigenvalue weighted by Gasteiger charge is 2.39. The molecule has 3 aliphatic rings. The molecule has 2 aromatic heterocycles. The van der Waals surface area contributed by atoms with Crippen LogP contribution in [0.15, 0.2) is 43.0 Å². The summed E-state index contributed by atoms with van der Waals surface area (Å²) >= 11 is 0. The van der Waals surface area contributed by atoms with Gasteiger partial charge in [0.05, 0.1) is 18.1 Å². The quantitative estimate of drug-likeness (QED) is 0.599. The summed E-state index contributed by atoms with van der Waals surface area (Å²) in [4.78, 5) is 49.3. The molecule has 3 aromatic rings. The molecule has 0 radical (unpaired) electrons. The molecule has 6 rings (SSSR count). The number of aromatic nitrogens is 3. The minimum atomic E-state index is -0.570. The lowest BCUT2D eigenvalue weighted by Gasteiger charge is -2.32. The van der Waals surface area contributed by atoms with Crippen molar-refractivity contribution in [2.24, 2.45) is 0 Å². The molecule has 1 N–H and O–H groups in total. The number of carbonyl (C=O) groups excluding carboxylic acids is 3. The van der Waals surface area contributed by atoms with Crippen molar-refractivity contribution < 1.29 is 14.4 Å². The molecule has 3 aliphatic heterocycles. The Labute approximate surface area is 196 Å². The van der Waals surface area contributed by atoms with Crippen LogP contribution >= 0.6 is 0 Å². The number of hydrogen-bond acceptors (Lipinski definition) is 6. The molecule has 9 heteroatoms. The normalized spacial score (nSPS) is 21.8. The Morgan fingerprint density at radius 3 is 2.74 bits per heavy atom. The van der Waals surface area contributed by atoms with Crippen LogP contribution in [0.25, 0.3) is 5.65 Å². The largest absolute Gasteiger partial charge is 0.322 e. The molecule has 0 bridgehead atoms. The Balaban J connectivity index is 1.11. The van der Waals surface area contributed by atoms with Crippen LogP contribution in [-0.2, 0) is 22.7 Å². The summed E-state index contributed by atoms with van der Waals surface area (Å²) in [5.41, 5.74) is 4.95. The fourth-order valence-electron chi connectivity index (χ4n) is 5.51. The van der Waals surface area contributed by atoms with Crippen LogP contribution in [0.3, 0.4) is 0 Å². The molecule has 1 aromatic carbocycles. The van der Waals surface area contributed by atoms with Crippen molar-refractivity contribution in [1.29, 1.82) is 0 Å². The Morgan fingerprint density at radius 1 is 1.06 bits per heavy atom. The summed E-state index contributed by atoms with van der Waals surface area (Å²) in [6.45, 7) is 3.29. The molecule has 2 saturated heterocycles. The number of imidazole rings is 1. The predicted octanol–water partition coefficient (Wildman–Crippen LogP) is 1.87. The van der Waals surface area contributed by atoms with Gasteiger partial charge in [-0.15, -0.1) is 0 Å². The summed E-state index contributed by atoms with van der Waals surface area (Å²) in [6.07, 6.45) is 10.2. The minimum absolute atomic E-state index is 0.117. The molecule has 0 saturated carbocycles. The monoisotopic (exact) mass is 458 g/mol. The smallest absolute Gasteiger partial charge is 0.255 e. The number of rotatable bonds is 4. The topological polar surface area (TPSA) is 99.9 Å². The third-order valence-corrected chi connectivity index (χ3v) is 7.39. The molecule has 2 fully saturated rings. The van der Waals surface area contributed by atoms with E-state index in [-0.39, 0.29) is 24.1 Å². The van der Waals surface area contributed by atoms with E-state index >= 15 is 0 Å². The van der Waals surface area contributed by atoms with Crippen molar-refractivity contribution in [3.63, 3.8) is 0 Å². The molecule has 0 aliphatic carbocycles. The van der Waals surface area contributed by atoms with Crippen molar-refractivity contribution in [3.05, 3.63) is 65.4 Å². The first-order valence-corrected chi connectivity index (χ1v) is 11.8. The lowest BCUT2D eigenvalue weighted by atomic mass is 9.88. The second-order valence-corrected chi connectivity index (χ2v) is 9.42. The van der Waals surface area contributed by atoms with Crippen LogP contribution in [0.1, 0.15) is 58.8 Å². The van der Waals surface area contributed by atoms with E-state index in [4.69, 9.17) is 0 Å². The van der Waals surface area contributed by atoms with E-state index in [1.807, 2.05) is 18.5 Å². The molecule has 9 nitrogen and oxygen atoms in total. The van der Waals surface area contributed by atoms with Crippen LogP contribution < -0.4 is 5.32 Å². The first kappa shape index (κ1) is 21.0. The van der Waals surface area contributed by atoms with Gasteiger partial charge in [0.25, 0.3) is 5.91 Å². The number of likely N-dealkylation sites (tertiary alicyclic amines) is 1. The lowest BCUT2D eigenvalue weighted by Crippen LogP contribution is -2.52. The highest BCUT2D eigenvalue weighted by atomic mass is 16.2. The van der Waals surface area contributed by atoms with Gasteiger partial charge in [-0.2, -0.15) is 0 Å². The maximum absolute atomic E-state index is 12.9. The Kier molecular flexibility index (Phi) is 5.13. The number of carbonyl (C=O) groups is 3. The van der Waals surface area contributed by atoms with Gasteiger partial charge in [0.1, 0.15) is 6.04 Å². The number of piperidine rings is 2. The Hall–Kier alpha value is -3.59. The van der Waals surface area contributed by atoms with Gasteiger partial charge < -0.3 is 4.90 Å². The van der Waals surface area contributed by atoms with Gasteiger partial charge in [-0.3, -0.25) is 34.0 Å². The van der Waals surface area contributed by atoms with Gasteiger partial charge in [0.2, 0.25) is 11.8 Å². The Bertz CT molecular complexity index is 1290. The SMILES string of the molecule is O=C1CCC(N2Cc3cc(C4CCN(Cc5cnc6cnccn56)CC4)ccc3C2=O)C(=O)N1. The van der Waals surface area contributed by atoms with Crippen LogP contribution in [-0.4, -0.2) is 61.0 Å². The van der Waals surface area contributed by atoms with Crippen molar-refractivity contribution in [2.75, 3.05) is 13.1 Å². The second kappa shape index (κ2) is 8.32. The number of hydrogen-bond donors (Lipinski definition) is 1. The fraction of sp³-hybridized carbons (Fsp3) is 0.400. The fourth-order valence-corrected chi connectivity index (χ4v) is 5.51. The van der Waals surface area contributed by atoms with Gasteiger partial charge in [-0.05, 0) is 55.5 Å². The first-order valence-electron chi connectivity index (χ1n) is 11.8. The number of amides is 3. The average molecular weight is 459 g/mol. The Morgan fingerprint density at radius 2 is 1.91 bits per heavy atom. The van der Waals surface area contributed by atoms with E-state index in [0.29, 0.717) is 24.4 Å². The van der Waals surface area contributed by atoms with Crippen LogP contribution in [0.4, 0.5) is 0 Å². The predicted molar refractivity (Wildman–Crippen MR) is 123 cm³/mol. The van der Waals surface area contributed by atoms with E-state index in [0.717, 1.165) is 43.7 Å². The third-order valence-electron chi connectivity index (χ3n) is 7.39. The summed E-state index contributed by atoms with van der Waals surface area (Å²) in [5, 5.41) is 2.36. The highest BCUT2D eigenvalue weighted by molar-refractivity contribution is 6.05. The van der Waals surface area contributed by atoms with E-state index in [9.17, 15) is 14.4 Å². The van der Waals surface area contributed by atoms with Crippen LogP contribution in [0.5, 0.6) is 0 Å². The number of nitrogens with zero attached hydrogens (tertiary/aromatic N) is 5. The average Bonchev–Trinajstić information content (AvgIpc) is 3.40. The summed E-state index contributed by atoms with van der Waals surface area (Å²) in [6, 6.07) is 5.57. The summed E-state index contributed by atoms with van der Waals surface area (Å²) in [7, 11) is 0. The zero-order valence-corrected chi connectivity index (χ0v) is 18.8. The van der Waals surface area contributed by atoms with Gasteiger partial charge in [-0.25, -0.2) is 4.98 Å². The third kappa shape index (κ3) is 3.66. The molecular weight excluding hydrogens is 432 g/mol. The molecule has 3 amide bonds. The molecule has 0 spiro atoms. The maximum atomic E-state index is 12.9. The molecule has 1 unspecified atom stereocenters. The second-order valence-electron chi connectivity index (χ2n) is 9.42. The standard InChI is InChI=1S/C25H26N6O3/c32-23-4-3-21(24(33)28-23)31-14-18-11-17(1-2-20(18)25(31)34)16-5-8-29(9-6-16)15-19-12-27-22-13-26-7-10-30(19)22/h1-2,7,10-13,16,21H,3-6,8-9,14-15H2,(H,28,32,33). The molecule has 34 heavy (non-hydrogen) atoms. The number of benzene rings is 1. The summed E-state index contributed by atoms with van der Waals surface area (Å²) < 4.78 is 2.09. The zero-order valence-electron chi connectivity index (χ0n) is 18.8. The van der Waals surface area contributed by atoms with Crippen molar-refractivity contribution in [3.8, 4) is 0 Å². The zero-order chi connectivity index (χ0) is 23.2. The molecule has 5 heterocycles. The van der Waals surface area contributed by atoms with Crippen LogP contribution in [0, 0.1) is 0 Å². The van der Waals surface area contributed by atoms with E-state index < -0.39 is 6.04 Å². The van der Waals surface area contributed by atoms with Crippen molar-refractivity contribution >= 4 is 23.4 Å². The van der Waals surface area contributed by atoms with Gasteiger partial charge in [-0.1, -0.05) is 12.1 Å². The van der Waals surface area contributed by atoms with E-state index in [2.05, 4.69) is 36.7 Å². The van der Waals surface area contributed by atoms with Crippen LogP contribution in [0.2, 0.25) is 0 Å². The van der Waals surface area contributed by atoms with E-state index in [1.54, 1.807) is 17.3 Å². The lowest BCUT2D eigenvalue weighted by molar-refractivity contribution is -0.136. The minimum Gasteiger partial charge on any atom is -0.322 e. The molecule has 174 valence electrons. The van der Waals surface area contributed by atoms with Crippen molar-refractivity contribution in [1.82, 2.24) is 29.5 Å².